The van der Waals surface area contributed by atoms with Gasteiger partial charge in [-0.3, -0.25) is 9.59 Å². The summed E-state index contributed by atoms with van der Waals surface area (Å²) < 4.78 is 12.4. The lowest BCUT2D eigenvalue weighted by Gasteiger charge is -2.43. The lowest BCUT2D eigenvalue weighted by molar-refractivity contribution is -0.153. The molecule has 0 aromatic heterocycles. The van der Waals surface area contributed by atoms with Crippen LogP contribution in [0.5, 0.6) is 5.75 Å². The van der Waals surface area contributed by atoms with E-state index in [-0.39, 0.29) is 24.8 Å². The minimum atomic E-state index is -0.916. The monoisotopic (exact) mass is 484 g/mol. The zero-order valence-corrected chi connectivity index (χ0v) is 20.8. The van der Waals surface area contributed by atoms with E-state index >= 15 is 0 Å². The number of nitrogens with zero attached hydrogens (tertiary/aromatic N) is 2. The first-order chi connectivity index (χ1) is 16.3. The summed E-state index contributed by atoms with van der Waals surface area (Å²) in [6.07, 6.45) is 3.39. The maximum Gasteiger partial charge on any atom is 0.254 e. The fourth-order valence-electron chi connectivity index (χ4n) is 4.59. The predicted molar refractivity (Wildman–Crippen MR) is 132 cm³/mol. The average Bonchev–Trinajstić information content (AvgIpc) is 2.85. The van der Waals surface area contributed by atoms with Gasteiger partial charge in [0.1, 0.15) is 18.0 Å². The van der Waals surface area contributed by atoms with Gasteiger partial charge in [-0.2, -0.15) is 0 Å². The van der Waals surface area contributed by atoms with E-state index < -0.39 is 5.60 Å². The van der Waals surface area contributed by atoms with Crippen molar-refractivity contribution < 1.29 is 19.1 Å². The van der Waals surface area contributed by atoms with Crippen molar-refractivity contribution in [2.45, 2.75) is 45.1 Å². The Balaban J connectivity index is 1.53. The second-order valence-electron chi connectivity index (χ2n) is 9.44. The van der Waals surface area contributed by atoms with Crippen LogP contribution in [0.15, 0.2) is 42.5 Å². The van der Waals surface area contributed by atoms with E-state index in [2.05, 4.69) is 0 Å². The Morgan fingerprint density at radius 1 is 1.00 bits per heavy atom. The summed E-state index contributed by atoms with van der Waals surface area (Å²) in [6, 6.07) is 13.1. The lowest BCUT2D eigenvalue weighted by Crippen LogP contribution is -2.58. The number of piperidine rings is 1. The van der Waals surface area contributed by atoms with Crippen LogP contribution in [0.4, 0.5) is 0 Å². The van der Waals surface area contributed by atoms with Gasteiger partial charge in [0.2, 0.25) is 5.91 Å². The van der Waals surface area contributed by atoms with Gasteiger partial charge < -0.3 is 19.3 Å². The van der Waals surface area contributed by atoms with Crippen LogP contribution in [-0.2, 0) is 9.53 Å². The molecule has 2 aromatic rings. The van der Waals surface area contributed by atoms with Crippen LogP contribution in [0.1, 0.15) is 47.2 Å². The van der Waals surface area contributed by atoms with Crippen LogP contribution in [0.2, 0.25) is 5.02 Å². The van der Waals surface area contributed by atoms with Gasteiger partial charge in [0.25, 0.3) is 5.91 Å². The molecule has 182 valence electrons. The van der Waals surface area contributed by atoms with Crippen molar-refractivity contribution in [1.29, 1.82) is 0 Å². The van der Waals surface area contributed by atoms with Gasteiger partial charge in [0.15, 0.2) is 0 Å². The summed E-state index contributed by atoms with van der Waals surface area (Å²) in [5.41, 5.74) is 1.74. The molecule has 0 aliphatic carbocycles. The minimum absolute atomic E-state index is 0.0552. The van der Waals surface area contributed by atoms with Crippen LogP contribution in [0.25, 0.3) is 0 Å². The molecule has 0 bridgehead atoms. The van der Waals surface area contributed by atoms with Gasteiger partial charge in [-0.15, -0.1) is 0 Å². The van der Waals surface area contributed by atoms with Crippen LogP contribution in [-0.4, -0.2) is 66.6 Å². The summed E-state index contributed by atoms with van der Waals surface area (Å²) in [5.74, 6) is 0.665. The summed E-state index contributed by atoms with van der Waals surface area (Å²) >= 11 is 6.16. The molecular weight excluding hydrogens is 452 g/mol. The Morgan fingerprint density at radius 3 is 2.44 bits per heavy atom. The molecular formula is C27H33ClN2O4. The molecule has 0 N–H and O–H groups in total. The molecule has 1 atom stereocenters. The molecule has 2 fully saturated rings. The summed E-state index contributed by atoms with van der Waals surface area (Å²) in [7, 11) is 0. The first-order valence-electron chi connectivity index (χ1n) is 12.0. The number of morpholine rings is 1. The number of halogens is 1. The number of rotatable bonds is 6. The van der Waals surface area contributed by atoms with Gasteiger partial charge in [0.05, 0.1) is 19.6 Å². The number of ether oxygens (including phenoxy) is 2. The van der Waals surface area contributed by atoms with Crippen LogP contribution < -0.4 is 4.74 Å². The molecule has 4 rings (SSSR count). The highest BCUT2D eigenvalue weighted by Gasteiger charge is 2.42. The molecule has 0 radical (unpaired) electrons. The largest absolute Gasteiger partial charge is 0.490 e. The average molecular weight is 485 g/mol. The number of likely N-dealkylation sites (tertiary alicyclic amines) is 1. The van der Waals surface area contributed by atoms with Crippen LogP contribution in [0.3, 0.4) is 0 Å². The number of aryl methyl sites for hydroxylation is 2. The predicted octanol–water partition coefficient (Wildman–Crippen LogP) is 4.65. The Morgan fingerprint density at radius 2 is 1.74 bits per heavy atom. The fourth-order valence-corrected chi connectivity index (χ4v) is 4.71. The van der Waals surface area contributed by atoms with E-state index in [0.717, 1.165) is 43.5 Å². The van der Waals surface area contributed by atoms with E-state index in [4.69, 9.17) is 21.1 Å². The van der Waals surface area contributed by atoms with Crippen molar-refractivity contribution in [1.82, 2.24) is 9.80 Å². The number of carbonyl (C=O) groups is 2. The summed E-state index contributed by atoms with van der Waals surface area (Å²) in [5, 5.41) is 0.672. The topological polar surface area (TPSA) is 59.1 Å². The van der Waals surface area contributed by atoms with Gasteiger partial charge in [-0.1, -0.05) is 29.3 Å². The molecule has 2 saturated heterocycles. The number of amides is 2. The third-order valence-electron chi connectivity index (χ3n) is 6.65. The second kappa shape index (κ2) is 10.8. The van der Waals surface area contributed by atoms with Crippen LogP contribution in [0, 0.1) is 13.8 Å². The number of hydrogen-bond acceptors (Lipinski definition) is 4. The fraction of sp³-hybridized carbons (Fsp3) is 0.481. The smallest absolute Gasteiger partial charge is 0.254 e. The van der Waals surface area contributed by atoms with Gasteiger partial charge in [-0.05, 0) is 69.0 Å². The van der Waals surface area contributed by atoms with Crippen molar-refractivity contribution in [3.63, 3.8) is 0 Å². The van der Waals surface area contributed by atoms with E-state index in [1.54, 1.807) is 11.0 Å². The first-order valence-corrected chi connectivity index (χ1v) is 12.4. The lowest BCUT2D eigenvalue weighted by atomic mass is 9.95. The normalized spacial score (nSPS) is 20.8. The Labute approximate surface area is 206 Å². The highest BCUT2D eigenvalue weighted by atomic mass is 35.5. The van der Waals surface area contributed by atoms with Gasteiger partial charge in [0, 0.05) is 30.2 Å². The van der Waals surface area contributed by atoms with Crippen molar-refractivity contribution in [3.05, 3.63) is 64.2 Å². The number of benzene rings is 2. The third-order valence-corrected chi connectivity index (χ3v) is 7.07. The van der Waals surface area contributed by atoms with Crippen molar-refractivity contribution in [2.75, 3.05) is 39.4 Å². The Kier molecular flexibility index (Phi) is 7.79. The molecule has 7 heteroatoms. The summed E-state index contributed by atoms with van der Waals surface area (Å²) in [6.45, 7) is 6.77. The van der Waals surface area contributed by atoms with E-state index in [1.165, 1.54) is 0 Å². The second-order valence-corrected chi connectivity index (χ2v) is 9.85. The molecule has 2 aromatic carbocycles. The zero-order valence-electron chi connectivity index (χ0n) is 20.0. The molecule has 2 aliphatic heterocycles. The highest BCUT2D eigenvalue weighted by molar-refractivity contribution is 6.31. The quantitative estimate of drug-likeness (QED) is 0.598. The molecule has 2 aliphatic rings. The Bertz CT molecular complexity index is 1020. The zero-order chi connectivity index (χ0) is 24.1. The van der Waals surface area contributed by atoms with Gasteiger partial charge >= 0.3 is 0 Å². The molecule has 6 nitrogen and oxygen atoms in total. The maximum absolute atomic E-state index is 13.3. The SMILES string of the molecule is Cc1ccc(C(=O)N2CCO[C@](COc3ccc(Cl)c(C)c3)(CC(=O)N3CCCCC3)C2)cc1. The molecule has 0 saturated carbocycles. The molecule has 0 unspecified atom stereocenters. The maximum atomic E-state index is 13.3. The number of hydrogen-bond donors (Lipinski definition) is 0. The van der Waals surface area contributed by atoms with Crippen molar-refractivity contribution >= 4 is 23.4 Å². The van der Waals surface area contributed by atoms with Gasteiger partial charge in [-0.25, -0.2) is 0 Å². The highest BCUT2D eigenvalue weighted by Crippen LogP contribution is 2.28. The van der Waals surface area contributed by atoms with E-state index in [0.29, 0.717) is 36.0 Å². The minimum Gasteiger partial charge on any atom is -0.490 e. The molecule has 34 heavy (non-hydrogen) atoms. The van der Waals surface area contributed by atoms with Crippen LogP contribution >= 0.6 is 11.6 Å². The first kappa shape index (κ1) is 24.6. The van der Waals surface area contributed by atoms with Crippen molar-refractivity contribution in [2.24, 2.45) is 0 Å². The Hall–Kier alpha value is -2.57. The van der Waals surface area contributed by atoms with Crippen molar-refractivity contribution in [3.8, 4) is 5.75 Å². The molecule has 0 spiro atoms. The third kappa shape index (κ3) is 5.91. The molecule has 2 amide bonds. The van der Waals surface area contributed by atoms with E-state index in [9.17, 15) is 9.59 Å². The number of carbonyl (C=O) groups excluding carboxylic acids is 2. The molecule has 2 heterocycles. The standard InChI is InChI=1S/C27H33ClN2O4/c1-20-6-8-22(9-7-20)26(32)30-14-15-34-27(18-30,17-25(31)29-12-4-3-5-13-29)19-33-23-10-11-24(28)21(2)16-23/h6-11,16H,3-5,12-15,17-19H2,1-2H3/t27-/m1/s1. The van der Waals surface area contributed by atoms with E-state index in [1.807, 2.05) is 55.1 Å². The summed E-state index contributed by atoms with van der Waals surface area (Å²) in [4.78, 5) is 30.2.